The van der Waals surface area contributed by atoms with Gasteiger partial charge in [-0.25, -0.2) is 18.2 Å². The Morgan fingerprint density at radius 1 is 1.02 bits per heavy atom. The molecule has 4 heterocycles. The minimum atomic E-state index is -3.51. The molecule has 12 nitrogen and oxygen atoms in total. The minimum absolute atomic E-state index is 0.222. The molecule has 2 unspecified atom stereocenters. The third-order valence-electron chi connectivity index (χ3n) is 10.1. The zero-order valence-electron chi connectivity index (χ0n) is 28.4. The molecular weight excluding hydrogens is 632 g/mol. The molecule has 3 aromatic rings. The van der Waals surface area contributed by atoms with E-state index in [1.807, 2.05) is 20.8 Å². The summed E-state index contributed by atoms with van der Waals surface area (Å²) in [6.07, 6.45) is 6.52. The fraction of sp³-hybridized carbons (Fsp3) is 0.600. The number of hydrogen-bond donors (Lipinski definition) is 2. The van der Waals surface area contributed by atoms with Gasteiger partial charge in [0, 0.05) is 43.0 Å². The van der Waals surface area contributed by atoms with Crippen LogP contribution in [0, 0.1) is 5.92 Å². The van der Waals surface area contributed by atoms with Gasteiger partial charge in [0.2, 0.25) is 5.95 Å². The van der Waals surface area contributed by atoms with Gasteiger partial charge < -0.3 is 25.0 Å². The van der Waals surface area contributed by atoms with Crippen molar-refractivity contribution >= 4 is 38.6 Å². The number of piperidine rings is 2. The largest absolute Gasteiger partial charge is 0.444 e. The predicted octanol–water partition coefficient (Wildman–Crippen LogP) is 4.90. The van der Waals surface area contributed by atoms with E-state index in [0.717, 1.165) is 38.9 Å². The van der Waals surface area contributed by atoms with Crippen LogP contribution in [0.2, 0.25) is 0 Å². The highest BCUT2D eigenvalue weighted by molar-refractivity contribution is 7.92. The summed E-state index contributed by atoms with van der Waals surface area (Å²) in [5.41, 5.74) is -0.654. The first-order chi connectivity index (χ1) is 22.7. The fourth-order valence-electron chi connectivity index (χ4n) is 7.38. The highest BCUT2D eigenvalue weighted by Gasteiger charge is 2.39. The van der Waals surface area contributed by atoms with Crippen molar-refractivity contribution in [2.24, 2.45) is 5.92 Å². The van der Waals surface area contributed by atoms with Gasteiger partial charge in [0.15, 0.2) is 9.84 Å². The van der Waals surface area contributed by atoms with Gasteiger partial charge >= 0.3 is 6.09 Å². The molecule has 2 atom stereocenters. The van der Waals surface area contributed by atoms with Crippen molar-refractivity contribution in [1.82, 2.24) is 24.3 Å². The Labute approximate surface area is 282 Å². The number of pyridine rings is 1. The molecule has 0 spiro atoms. The van der Waals surface area contributed by atoms with E-state index >= 15 is 0 Å². The molecule has 13 heteroatoms. The van der Waals surface area contributed by atoms with Gasteiger partial charge in [-0.1, -0.05) is 0 Å². The lowest BCUT2D eigenvalue weighted by atomic mass is 9.95. The summed E-state index contributed by atoms with van der Waals surface area (Å²) in [4.78, 5) is 38.8. The number of nitrogens with one attached hydrogen (secondary N) is 1. The van der Waals surface area contributed by atoms with Crippen molar-refractivity contribution in [2.45, 2.75) is 100 Å². The van der Waals surface area contributed by atoms with Gasteiger partial charge in [-0.05, 0) is 122 Å². The highest BCUT2D eigenvalue weighted by atomic mass is 32.2. The molecular formula is C35H48N6O6S. The maximum Gasteiger partial charge on any atom is 0.410 e. The van der Waals surface area contributed by atoms with Gasteiger partial charge in [0.1, 0.15) is 11.2 Å². The van der Waals surface area contributed by atoms with Gasteiger partial charge in [-0.2, -0.15) is 4.98 Å². The second-order valence-electron chi connectivity index (χ2n) is 14.9. The summed E-state index contributed by atoms with van der Waals surface area (Å²) in [7, 11) is -3.51. The Hall–Kier alpha value is -3.55. The van der Waals surface area contributed by atoms with Crippen LogP contribution in [-0.4, -0.2) is 93.1 Å². The SMILES string of the molecule is CC(C)(C)OC(=O)N1CCC(CN2CCC(S(=O)(=O)c3ccc(Nc4ncc5ccc(=O)n(C6CCCC6(C)O)c5n4)cc3)CC2)CC1. The standard InChI is InChI=1S/C35H48N6O6S/c1-34(2,3)47-33(43)40-20-13-24(14-21-40)23-39-18-15-28(16-19-39)48(45,46)27-10-8-26(9-11-27)37-32-36-22-25-7-12-30(42)41(31(25)38-32)29-6-5-17-35(29,4)44/h7-12,22,24,28-29,44H,5-6,13-21,23H2,1-4H3,(H,36,37,38). The van der Waals surface area contributed by atoms with E-state index in [1.54, 1.807) is 52.9 Å². The molecule has 260 valence electrons. The van der Waals surface area contributed by atoms with Crippen LogP contribution in [-0.2, 0) is 14.6 Å². The average molecular weight is 681 g/mol. The number of ether oxygens (including phenoxy) is 1. The number of sulfone groups is 1. The van der Waals surface area contributed by atoms with Gasteiger partial charge in [0.05, 0.1) is 21.8 Å². The first-order valence-electron chi connectivity index (χ1n) is 17.1. The van der Waals surface area contributed by atoms with Crippen molar-refractivity contribution in [3.8, 4) is 0 Å². The maximum absolute atomic E-state index is 13.6. The lowest BCUT2D eigenvalue weighted by Crippen LogP contribution is -2.45. The topological polar surface area (TPSA) is 147 Å². The number of hydrogen-bond acceptors (Lipinski definition) is 10. The van der Waals surface area contributed by atoms with E-state index in [9.17, 15) is 23.1 Å². The molecule has 1 aromatic carbocycles. The van der Waals surface area contributed by atoms with Crippen LogP contribution in [0.4, 0.5) is 16.4 Å². The van der Waals surface area contributed by atoms with E-state index in [2.05, 4.69) is 20.2 Å². The molecule has 2 aliphatic heterocycles. The fourth-order valence-corrected chi connectivity index (χ4v) is 9.11. The molecule has 2 saturated heterocycles. The van der Waals surface area contributed by atoms with Crippen LogP contribution in [0.1, 0.15) is 78.7 Å². The number of carbonyl (C=O) groups is 1. The summed E-state index contributed by atoms with van der Waals surface area (Å²) >= 11 is 0. The van der Waals surface area contributed by atoms with E-state index in [0.29, 0.717) is 61.4 Å². The Morgan fingerprint density at radius 3 is 2.33 bits per heavy atom. The number of nitrogens with zero attached hydrogens (tertiary/aromatic N) is 5. The van der Waals surface area contributed by atoms with Crippen molar-refractivity contribution in [2.75, 3.05) is 38.0 Å². The lowest BCUT2D eigenvalue weighted by Gasteiger charge is -2.37. The molecule has 1 aliphatic carbocycles. The lowest BCUT2D eigenvalue weighted by molar-refractivity contribution is 0.0166. The maximum atomic E-state index is 13.6. The van der Waals surface area contributed by atoms with Crippen LogP contribution >= 0.6 is 0 Å². The zero-order valence-corrected chi connectivity index (χ0v) is 29.2. The predicted molar refractivity (Wildman–Crippen MR) is 184 cm³/mol. The number of anilines is 2. The van der Waals surface area contributed by atoms with Gasteiger partial charge in [-0.15, -0.1) is 0 Å². The van der Waals surface area contributed by atoms with Crippen molar-refractivity contribution in [1.29, 1.82) is 0 Å². The molecule has 0 bridgehead atoms. The highest BCUT2D eigenvalue weighted by Crippen LogP contribution is 2.39. The van der Waals surface area contributed by atoms with Crippen molar-refractivity contribution < 1.29 is 23.1 Å². The number of carbonyl (C=O) groups excluding carboxylic acids is 1. The third kappa shape index (κ3) is 7.52. The van der Waals surface area contributed by atoms with Crippen LogP contribution in [0.15, 0.2) is 52.3 Å². The molecule has 1 amide bonds. The number of amides is 1. The molecule has 3 fully saturated rings. The molecule has 48 heavy (non-hydrogen) atoms. The number of aromatic nitrogens is 3. The monoisotopic (exact) mass is 680 g/mol. The first kappa shape index (κ1) is 34.3. The second kappa shape index (κ2) is 13.4. The quantitative estimate of drug-likeness (QED) is 0.353. The normalized spacial score (nSPS) is 23.4. The van der Waals surface area contributed by atoms with E-state index < -0.39 is 26.3 Å². The summed E-state index contributed by atoms with van der Waals surface area (Å²) in [6, 6.07) is 9.44. The third-order valence-corrected chi connectivity index (χ3v) is 12.3. The number of fused-ring (bicyclic) bond motifs is 1. The minimum Gasteiger partial charge on any atom is -0.444 e. The first-order valence-corrected chi connectivity index (χ1v) is 18.7. The van der Waals surface area contributed by atoms with Gasteiger partial charge in [0.25, 0.3) is 5.56 Å². The van der Waals surface area contributed by atoms with E-state index in [4.69, 9.17) is 4.74 Å². The van der Waals surface area contributed by atoms with E-state index in [-0.39, 0.29) is 28.5 Å². The van der Waals surface area contributed by atoms with Crippen LogP contribution < -0.4 is 10.9 Å². The summed E-state index contributed by atoms with van der Waals surface area (Å²) < 4.78 is 34.2. The molecule has 2 aromatic heterocycles. The zero-order chi connectivity index (χ0) is 34.3. The number of aliphatic hydroxyl groups is 1. The van der Waals surface area contributed by atoms with E-state index in [1.165, 1.54) is 6.07 Å². The molecule has 1 saturated carbocycles. The van der Waals surface area contributed by atoms with Crippen LogP contribution in [0.25, 0.3) is 11.0 Å². The average Bonchev–Trinajstić information content (AvgIpc) is 3.39. The second-order valence-corrected chi connectivity index (χ2v) is 17.1. The Kier molecular flexibility index (Phi) is 9.58. The van der Waals surface area contributed by atoms with Crippen LogP contribution in [0.3, 0.4) is 0 Å². The smallest absolute Gasteiger partial charge is 0.410 e. The number of likely N-dealkylation sites (tertiary alicyclic amines) is 2. The Bertz CT molecular complexity index is 1790. The van der Waals surface area contributed by atoms with Crippen molar-refractivity contribution in [3.63, 3.8) is 0 Å². The Morgan fingerprint density at radius 2 is 1.71 bits per heavy atom. The molecule has 2 N–H and O–H groups in total. The molecule has 6 rings (SSSR count). The Balaban J connectivity index is 1.04. The summed E-state index contributed by atoms with van der Waals surface area (Å²) in [6.45, 7) is 11.1. The van der Waals surface area contributed by atoms with Crippen molar-refractivity contribution in [3.05, 3.63) is 52.9 Å². The summed E-state index contributed by atoms with van der Waals surface area (Å²) in [5, 5.41) is 14.3. The number of benzene rings is 1. The molecule has 3 aliphatic rings. The number of rotatable bonds is 7. The van der Waals surface area contributed by atoms with Crippen LogP contribution in [0.5, 0.6) is 0 Å². The molecule has 0 radical (unpaired) electrons. The summed E-state index contributed by atoms with van der Waals surface area (Å²) in [5.74, 6) is 0.756. The van der Waals surface area contributed by atoms with Gasteiger partial charge in [-0.3, -0.25) is 9.36 Å².